The number of rotatable bonds is 8. The second kappa shape index (κ2) is 11.1. The summed E-state index contributed by atoms with van der Waals surface area (Å²) in [5.74, 6) is 0.794. The number of amides is 1. The maximum atomic E-state index is 13.3. The molecular formula is C27H30N2O7S2. The van der Waals surface area contributed by atoms with Gasteiger partial charge in [-0.05, 0) is 67.8 Å². The lowest BCUT2D eigenvalue weighted by molar-refractivity contribution is 0.0711. The highest BCUT2D eigenvalue weighted by Crippen LogP contribution is 2.29. The molecule has 0 unspecified atom stereocenters. The maximum absolute atomic E-state index is 13.3. The van der Waals surface area contributed by atoms with Gasteiger partial charge in [0, 0.05) is 24.7 Å². The minimum atomic E-state index is -4.01. The van der Waals surface area contributed by atoms with Crippen molar-refractivity contribution in [1.82, 2.24) is 9.62 Å². The molecule has 1 aliphatic heterocycles. The molecule has 4 rings (SSSR count). The van der Waals surface area contributed by atoms with E-state index in [2.05, 4.69) is 4.72 Å². The summed E-state index contributed by atoms with van der Waals surface area (Å²) in [5.41, 5.74) is 0.888. The Morgan fingerprint density at radius 3 is 2.13 bits per heavy atom. The molecule has 1 fully saturated rings. The van der Waals surface area contributed by atoms with Crippen molar-refractivity contribution < 1.29 is 31.1 Å². The van der Waals surface area contributed by atoms with Gasteiger partial charge in [0.1, 0.15) is 0 Å². The SMILES string of the molecule is COc1ccc(C(=O)N2CCC(NS(=O)(=O)c3cc(S(=O)(=O)c4ccccc4)ccc3C)CC2)cc1OC. The van der Waals surface area contributed by atoms with E-state index >= 15 is 0 Å². The van der Waals surface area contributed by atoms with Crippen LogP contribution in [0.25, 0.3) is 0 Å². The van der Waals surface area contributed by atoms with Crippen molar-refractivity contribution in [3.8, 4) is 11.5 Å². The number of aryl methyl sites for hydroxylation is 1. The molecule has 0 bridgehead atoms. The third-order valence-corrected chi connectivity index (χ3v) is 9.98. The predicted molar refractivity (Wildman–Crippen MR) is 142 cm³/mol. The van der Waals surface area contributed by atoms with Gasteiger partial charge in [-0.15, -0.1) is 0 Å². The number of nitrogens with one attached hydrogen (secondary N) is 1. The van der Waals surface area contributed by atoms with Gasteiger partial charge in [0.25, 0.3) is 5.91 Å². The van der Waals surface area contributed by atoms with E-state index in [1.165, 1.54) is 44.6 Å². The molecule has 38 heavy (non-hydrogen) atoms. The van der Waals surface area contributed by atoms with Gasteiger partial charge in [-0.1, -0.05) is 24.3 Å². The first kappa shape index (κ1) is 27.6. The van der Waals surface area contributed by atoms with Crippen LogP contribution in [-0.4, -0.2) is 61.0 Å². The summed E-state index contributed by atoms with van der Waals surface area (Å²) in [4.78, 5) is 14.6. The number of piperidine rings is 1. The molecule has 1 N–H and O–H groups in total. The number of methoxy groups -OCH3 is 2. The fraction of sp³-hybridized carbons (Fsp3) is 0.296. The first-order chi connectivity index (χ1) is 18.1. The monoisotopic (exact) mass is 558 g/mol. The van der Waals surface area contributed by atoms with Crippen LogP contribution in [0.15, 0.2) is 81.4 Å². The lowest BCUT2D eigenvalue weighted by Gasteiger charge is -2.32. The van der Waals surface area contributed by atoms with E-state index in [0.29, 0.717) is 48.6 Å². The first-order valence-electron chi connectivity index (χ1n) is 12.0. The molecule has 3 aromatic rings. The number of hydrogen-bond donors (Lipinski definition) is 1. The van der Waals surface area contributed by atoms with Gasteiger partial charge >= 0.3 is 0 Å². The molecule has 0 saturated carbocycles. The summed E-state index contributed by atoms with van der Waals surface area (Å²) in [5, 5.41) is 0. The molecule has 9 nitrogen and oxygen atoms in total. The minimum absolute atomic E-state index is 0.0849. The summed E-state index contributed by atoms with van der Waals surface area (Å²) in [6, 6.07) is 16.5. The molecule has 1 aliphatic rings. The van der Waals surface area contributed by atoms with Gasteiger partial charge in [-0.25, -0.2) is 21.6 Å². The smallest absolute Gasteiger partial charge is 0.253 e. The number of benzene rings is 3. The van der Waals surface area contributed by atoms with Crippen LogP contribution in [-0.2, 0) is 19.9 Å². The van der Waals surface area contributed by atoms with Gasteiger partial charge in [-0.2, -0.15) is 0 Å². The van der Waals surface area contributed by atoms with Crippen LogP contribution >= 0.6 is 0 Å². The van der Waals surface area contributed by atoms with Gasteiger partial charge in [0.05, 0.1) is 28.9 Å². The number of sulfonamides is 1. The summed E-state index contributed by atoms with van der Waals surface area (Å²) in [6.45, 7) is 2.35. The Hall–Kier alpha value is -3.41. The molecule has 0 aromatic heterocycles. The number of hydrogen-bond acceptors (Lipinski definition) is 7. The Kier molecular flexibility index (Phi) is 8.10. The second-order valence-electron chi connectivity index (χ2n) is 9.00. The van der Waals surface area contributed by atoms with Crippen molar-refractivity contribution in [3.63, 3.8) is 0 Å². The molecule has 202 valence electrons. The highest BCUT2D eigenvalue weighted by atomic mass is 32.2. The van der Waals surface area contributed by atoms with E-state index in [4.69, 9.17) is 9.47 Å². The summed E-state index contributed by atoms with van der Waals surface area (Å²) in [7, 11) is -4.87. The Bertz CT molecular complexity index is 1530. The number of sulfone groups is 1. The zero-order valence-electron chi connectivity index (χ0n) is 21.4. The van der Waals surface area contributed by atoms with Crippen LogP contribution in [0.5, 0.6) is 11.5 Å². The van der Waals surface area contributed by atoms with Crippen molar-refractivity contribution in [2.45, 2.75) is 40.5 Å². The first-order valence-corrected chi connectivity index (χ1v) is 15.0. The fourth-order valence-corrected chi connectivity index (χ4v) is 7.37. The van der Waals surface area contributed by atoms with Crippen LogP contribution in [0.3, 0.4) is 0 Å². The number of likely N-dealkylation sites (tertiary alicyclic amines) is 1. The van der Waals surface area contributed by atoms with Crippen LogP contribution in [0.4, 0.5) is 0 Å². The quantitative estimate of drug-likeness (QED) is 0.450. The molecule has 0 atom stereocenters. The number of carbonyl (C=O) groups is 1. The lowest BCUT2D eigenvalue weighted by Crippen LogP contribution is -2.46. The standard InChI is InChI=1S/C27H30N2O7S2/c1-19-9-11-23(37(31,32)22-7-5-4-6-8-22)18-26(19)38(33,34)28-21-13-15-29(16-14-21)27(30)20-10-12-24(35-2)25(17-20)36-3/h4-12,17-18,21,28H,13-16H2,1-3H3. The van der Waals surface area contributed by atoms with Crippen molar-refractivity contribution in [2.24, 2.45) is 0 Å². The van der Waals surface area contributed by atoms with Gasteiger partial charge in [0.2, 0.25) is 19.9 Å². The number of carbonyl (C=O) groups excluding carboxylic acids is 1. The van der Waals surface area contributed by atoms with E-state index in [1.54, 1.807) is 48.2 Å². The Morgan fingerprint density at radius 2 is 1.50 bits per heavy atom. The summed E-state index contributed by atoms with van der Waals surface area (Å²) < 4.78 is 65.9. The van der Waals surface area contributed by atoms with Gasteiger partial charge < -0.3 is 14.4 Å². The zero-order chi connectivity index (χ0) is 27.5. The largest absolute Gasteiger partial charge is 0.493 e. The van der Waals surface area contributed by atoms with Crippen LogP contribution in [0.1, 0.15) is 28.8 Å². The second-order valence-corrected chi connectivity index (χ2v) is 12.6. The topological polar surface area (TPSA) is 119 Å². The van der Waals surface area contributed by atoms with Crippen LogP contribution in [0, 0.1) is 6.92 Å². The van der Waals surface area contributed by atoms with Crippen LogP contribution in [0.2, 0.25) is 0 Å². The molecule has 1 heterocycles. The molecule has 0 spiro atoms. The molecule has 1 amide bonds. The Labute approximate surface area is 223 Å². The molecule has 3 aromatic carbocycles. The third-order valence-electron chi connectivity index (χ3n) is 6.55. The molecule has 0 aliphatic carbocycles. The molecule has 1 saturated heterocycles. The average Bonchev–Trinajstić information content (AvgIpc) is 2.93. The molecule has 11 heteroatoms. The minimum Gasteiger partial charge on any atom is -0.493 e. The fourth-order valence-electron chi connectivity index (χ4n) is 4.41. The van der Waals surface area contributed by atoms with Crippen molar-refractivity contribution >= 4 is 25.8 Å². The van der Waals surface area contributed by atoms with E-state index in [1.807, 2.05) is 0 Å². The van der Waals surface area contributed by atoms with E-state index in [9.17, 15) is 21.6 Å². The Balaban J connectivity index is 1.46. The highest BCUT2D eigenvalue weighted by Gasteiger charge is 2.29. The van der Waals surface area contributed by atoms with Gasteiger partial charge in [0.15, 0.2) is 11.5 Å². The van der Waals surface area contributed by atoms with E-state index in [-0.39, 0.29) is 20.6 Å². The predicted octanol–water partition coefficient (Wildman–Crippen LogP) is 3.43. The van der Waals surface area contributed by atoms with Crippen molar-refractivity contribution in [3.05, 3.63) is 77.9 Å². The zero-order valence-corrected chi connectivity index (χ0v) is 23.0. The van der Waals surface area contributed by atoms with E-state index < -0.39 is 25.9 Å². The Morgan fingerprint density at radius 1 is 0.842 bits per heavy atom. The number of nitrogens with zero attached hydrogens (tertiary/aromatic N) is 1. The van der Waals surface area contributed by atoms with Crippen molar-refractivity contribution in [2.75, 3.05) is 27.3 Å². The van der Waals surface area contributed by atoms with Crippen LogP contribution < -0.4 is 14.2 Å². The average molecular weight is 559 g/mol. The van der Waals surface area contributed by atoms with Crippen molar-refractivity contribution in [1.29, 1.82) is 0 Å². The highest BCUT2D eigenvalue weighted by molar-refractivity contribution is 7.91. The summed E-state index contributed by atoms with van der Waals surface area (Å²) >= 11 is 0. The maximum Gasteiger partial charge on any atom is 0.253 e. The molecule has 0 radical (unpaired) electrons. The summed E-state index contributed by atoms with van der Waals surface area (Å²) in [6.07, 6.45) is 0.832. The van der Waals surface area contributed by atoms with E-state index in [0.717, 1.165) is 0 Å². The number of ether oxygens (including phenoxy) is 2. The third kappa shape index (κ3) is 5.69. The molecular weight excluding hydrogens is 528 g/mol. The van der Waals surface area contributed by atoms with Gasteiger partial charge in [-0.3, -0.25) is 4.79 Å². The normalized spacial score (nSPS) is 14.8. The lowest BCUT2D eigenvalue weighted by atomic mass is 10.0.